The summed E-state index contributed by atoms with van der Waals surface area (Å²) in [5, 5.41) is 4.85. The number of fused-ring (bicyclic) bond motifs is 1. The molecule has 0 unspecified atom stereocenters. The van der Waals surface area contributed by atoms with Gasteiger partial charge in [-0.05, 0) is 31.2 Å². The van der Waals surface area contributed by atoms with Crippen LogP contribution in [0.1, 0.15) is 19.0 Å². The number of hydrogen-bond donors (Lipinski definition) is 2. The summed E-state index contributed by atoms with van der Waals surface area (Å²) in [6, 6.07) is 1.94. The van der Waals surface area contributed by atoms with Gasteiger partial charge in [-0.15, -0.1) is 0 Å². The number of nitrogens with one attached hydrogen (secondary N) is 2. The molecular formula is C13H15N7S. The molecule has 21 heavy (non-hydrogen) atoms. The van der Waals surface area contributed by atoms with E-state index in [1.165, 1.54) is 18.1 Å². The second kappa shape index (κ2) is 6.04. The number of H-pyrrole nitrogens is 1. The summed E-state index contributed by atoms with van der Waals surface area (Å²) in [4.78, 5) is 24.5. The molecule has 3 heterocycles. The number of nitrogens with zero attached hydrogens (tertiary/aromatic N) is 5. The molecule has 0 fully saturated rings. The van der Waals surface area contributed by atoms with Crippen molar-refractivity contribution in [3.8, 4) is 0 Å². The molecule has 0 aliphatic carbocycles. The molecular weight excluding hydrogens is 286 g/mol. The lowest BCUT2D eigenvalue weighted by molar-refractivity contribution is 0.923. The van der Waals surface area contributed by atoms with E-state index in [1.54, 1.807) is 6.33 Å². The lowest BCUT2D eigenvalue weighted by atomic mass is 10.4. The van der Waals surface area contributed by atoms with Crippen molar-refractivity contribution in [3.05, 3.63) is 24.4 Å². The molecule has 0 amide bonds. The standard InChI is InChI=1S/C13H15N7S/c1-3-4-14-13-19-8(2)5-9(20-13)21-12-10-11(16-6-15-10)17-7-18-12/h5-7H,3-4H2,1-2H3,(H,14,19,20)(H,15,16,17,18). The van der Waals surface area contributed by atoms with Gasteiger partial charge in [0.25, 0.3) is 0 Å². The summed E-state index contributed by atoms with van der Waals surface area (Å²) in [5.41, 5.74) is 2.39. The first-order valence-electron chi connectivity index (χ1n) is 6.67. The predicted molar refractivity (Wildman–Crippen MR) is 81.4 cm³/mol. The fraction of sp³-hybridized carbons (Fsp3) is 0.308. The number of aromatic nitrogens is 6. The second-order valence-corrected chi connectivity index (χ2v) is 5.49. The first kappa shape index (κ1) is 13.7. The summed E-state index contributed by atoms with van der Waals surface area (Å²) < 4.78 is 0. The molecule has 8 heteroatoms. The minimum atomic E-state index is 0.647. The molecule has 0 atom stereocenters. The van der Waals surface area contributed by atoms with Gasteiger partial charge in [-0.1, -0.05) is 6.92 Å². The molecule has 0 radical (unpaired) electrons. The third-order valence-corrected chi connectivity index (χ3v) is 3.67. The van der Waals surface area contributed by atoms with E-state index in [9.17, 15) is 0 Å². The van der Waals surface area contributed by atoms with Gasteiger partial charge < -0.3 is 10.3 Å². The molecule has 0 spiro atoms. The van der Waals surface area contributed by atoms with Crippen molar-refractivity contribution in [3.63, 3.8) is 0 Å². The van der Waals surface area contributed by atoms with Crippen LogP contribution in [0.25, 0.3) is 11.2 Å². The van der Waals surface area contributed by atoms with Crippen LogP contribution in [-0.2, 0) is 0 Å². The van der Waals surface area contributed by atoms with Crippen molar-refractivity contribution in [2.45, 2.75) is 30.3 Å². The fourth-order valence-electron chi connectivity index (χ4n) is 1.83. The average Bonchev–Trinajstić information content (AvgIpc) is 2.94. The average molecular weight is 301 g/mol. The highest BCUT2D eigenvalue weighted by Crippen LogP contribution is 2.29. The van der Waals surface area contributed by atoms with Gasteiger partial charge in [-0.25, -0.2) is 24.9 Å². The van der Waals surface area contributed by atoms with E-state index in [-0.39, 0.29) is 0 Å². The van der Waals surface area contributed by atoms with Gasteiger partial charge >= 0.3 is 0 Å². The first-order chi connectivity index (χ1) is 10.3. The van der Waals surface area contributed by atoms with E-state index in [2.05, 4.69) is 42.1 Å². The van der Waals surface area contributed by atoms with Crippen molar-refractivity contribution in [2.24, 2.45) is 0 Å². The van der Waals surface area contributed by atoms with E-state index in [4.69, 9.17) is 0 Å². The van der Waals surface area contributed by atoms with Crippen molar-refractivity contribution in [2.75, 3.05) is 11.9 Å². The molecule has 0 saturated carbocycles. The molecule has 0 aromatic carbocycles. The molecule has 108 valence electrons. The SMILES string of the molecule is CCCNc1nc(C)cc(Sc2ncnc3nc[nH]c23)n1. The Balaban J connectivity index is 1.90. The van der Waals surface area contributed by atoms with Gasteiger partial charge in [0.05, 0.1) is 6.33 Å². The van der Waals surface area contributed by atoms with Crippen LogP contribution >= 0.6 is 11.8 Å². The lowest BCUT2D eigenvalue weighted by Crippen LogP contribution is -2.05. The van der Waals surface area contributed by atoms with Crippen LogP contribution in [0, 0.1) is 6.92 Å². The number of anilines is 1. The maximum atomic E-state index is 4.50. The van der Waals surface area contributed by atoms with Crippen molar-refractivity contribution in [1.29, 1.82) is 0 Å². The zero-order valence-corrected chi connectivity index (χ0v) is 12.6. The number of rotatable bonds is 5. The number of aromatic amines is 1. The van der Waals surface area contributed by atoms with Gasteiger partial charge in [0, 0.05) is 12.2 Å². The van der Waals surface area contributed by atoms with Crippen LogP contribution in [0.4, 0.5) is 5.95 Å². The number of hydrogen-bond acceptors (Lipinski definition) is 7. The molecule has 7 nitrogen and oxygen atoms in total. The molecule has 0 aliphatic heterocycles. The molecule has 3 aromatic heterocycles. The molecule has 3 rings (SSSR count). The summed E-state index contributed by atoms with van der Waals surface area (Å²) >= 11 is 1.47. The number of imidazole rings is 1. The Hall–Kier alpha value is -2.22. The van der Waals surface area contributed by atoms with Crippen molar-refractivity contribution < 1.29 is 0 Å². The molecule has 0 aliphatic rings. The van der Waals surface area contributed by atoms with Gasteiger partial charge in [-0.3, -0.25) is 0 Å². The van der Waals surface area contributed by atoms with E-state index >= 15 is 0 Å². The Kier molecular flexibility index (Phi) is 3.96. The van der Waals surface area contributed by atoms with Crippen LogP contribution in [0.5, 0.6) is 0 Å². The summed E-state index contributed by atoms with van der Waals surface area (Å²) in [7, 11) is 0. The van der Waals surface area contributed by atoms with Crippen molar-refractivity contribution >= 4 is 28.9 Å². The predicted octanol–water partition coefficient (Wildman–Crippen LogP) is 2.42. The minimum absolute atomic E-state index is 0.647. The highest BCUT2D eigenvalue weighted by Gasteiger charge is 2.10. The van der Waals surface area contributed by atoms with Gasteiger partial charge in [0.1, 0.15) is 21.9 Å². The highest BCUT2D eigenvalue weighted by atomic mass is 32.2. The van der Waals surface area contributed by atoms with Crippen LogP contribution in [0.2, 0.25) is 0 Å². The van der Waals surface area contributed by atoms with E-state index in [0.717, 1.165) is 34.2 Å². The number of aryl methyl sites for hydroxylation is 1. The van der Waals surface area contributed by atoms with E-state index in [1.807, 2.05) is 13.0 Å². The lowest BCUT2D eigenvalue weighted by Gasteiger charge is -2.07. The van der Waals surface area contributed by atoms with E-state index in [0.29, 0.717) is 11.6 Å². The second-order valence-electron chi connectivity index (χ2n) is 4.48. The third kappa shape index (κ3) is 3.10. The topological polar surface area (TPSA) is 92.3 Å². The molecule has 0 bridgehead atoms. The van der Waals surface area contributed by atoms with Gasteiger partial charge in [-0.2, -0.15) is 0 Å². The Labute approximate surface area is 126 Å². The Bertz CT molecular complexity index is 755. The maximum absolute atomic E-state index is 4.50. The Morgan fingerprint density at radius 3 is 3.00 bits per heavy atom. The van der Waals surface area contributed by atoms with Gasteiger partial charge in [0.15, 0.2) is 5.65 Å². The minimum Gasteiger partial charge on any atom is -0.354 e. The Morgan fingerprint density at radius 2 is 2.14 bits per heavy atom. The summed E-state index contributed by atoms with van der Waals surface area (Å²) in [5.74, 6) is 0.647. The van der Waals surface area contributed by atoms with Crippen LogP contribution in [-0.4, -0.2) is 36.4 Å². The maximum Gasteiger partial charge on any atom is 0.223 e. The first-order valence-corrected chi connectivity index (χ1v) is 7.49. The highest BCUT2D eigenvalue weighted by molar-refractivity contribution is 7.99. The monoisotopic (exact) mass is 301 g/mol. The third-order valence-electron chi connectivity index (χ3n) is 2.75. The molecule has 0 saturated heterocycles. The summed E-state index contributed by atoms with van der Waals surface area (Å²) in [6.45, 7) is 4.91. The molecule has 2 N–H and O–H groups in total. The Morgan fingerprint density at radius 1 is 1.24 bits per heavy atom. The van der Waals surface area contributed by atoms with Crippen LogP contribution in [0.3, 0.4) is 0 Å². The van der Waals surface area contributed by atoms with Crippen molar-refractivity contribution in [1.82, 2.24) is 29.9 Å². The van der Waals surface area contributed by atoms with E-state index < -0.39 is 0 Å². The summed E-state index contributed by atoms with van der Waals surface area (Å²) in [6.07, 6.45) is 4.15. The normalized spacial score (nSPS) is 11.0. The molecule has 3 aromatic rings. The zero-order chi connectivity index (χ0) is 14.7. The van der Waals surface area contributed by atoms with Crippen LogP contribution in [0.15, 0.2) is 28.8 Å². The van der Waals surface area contributed by atoms with Crippen LogP contribution < -0.4 is 5.32 Å². The smallest absolute Gasteiger partial charge is 0.223 e. The fourth-order valence-corrected chi connectivity index (χ4v) is 2.74. The van der Waals surface area contributed by atoms with Gasteiger partial charge in [0.2, 0.25) is 5.95 Å². The zero-order valence-electron chi connectivity index (χ0n) is 11.8. The quantitative estimate of drug-likeness (QED) is 0.699. The largest absolute Gasteiger partial charge is 0.354 e.